The second-order valence-electron chi connectivity index (χ2n) is 6.38. The Morgan fingerprint density at radius 2 is 1.73 bits per heavy atom. The molecule has 0 aliphatic rings. The molecular formula is C12H23N3. The maximum absolute atomic E-state index is 5.95. The molecule has 1 aromatic rings. The van der Waals surface area contributed by atoms with Gasteiger partial charge >= 0.3 is 0 Å². The van der Waals surface area contributed by atoms with Crippen LogP contribution in [0.3, 0.4) is 0 Å². The lowest BCUT2D eigenvalue weighted by Crippen LogP contribution is -2.25. The molecule has 3 heteroatoms. The third-order valence-electron chi connectivity index (χ3n) is 2.13. The molecule has 1 aromatic heterocycles. The summed E-state index contributed by atoms with van der Waals surface area (Å²) in [5.74, 6) is 0.752. The van der Waals surface area contributed by atoms with Gasteiger partial charge in [-0.2, -0.15) is 5.10 Å². The first-order valence-electron chi connectivity index (χ1n) is 5.44. The molecule has 3 nitrogen and oxygen atoms in total. The van der Waals surface area contributed by atoms with Crippen LogP contribution in [-0.2, 0) is 12.0 Å². The molecule has 0 aliphatic heterocycles. The van der Waals surface area contributed by atoms with Crippen LogP contribution in [0.1, 0.15) is 47.2 Å². The number of hydrogen-bond acceptors (Lipinski definition) is 2. The van der Waals surface area contributed by atoms with Gasteiger partial charge in [-0.05, 0) is 32.6 Å². The Hall–Kier alpha value is -0.990. The quantitative estimate of drug-likeness (QED) is 0.773. The van der Waals surface area contributed by atoms with E-state index in [4.69, 9.17) is 5.73 Å². The molecule has 1 heterocycles. The van der Waals surface area contributed by atoms with E-state index < -0.39 is 0 Å². The normalized spacial score (nSPS) is 13.2. The summed E-state index contributed by atoms with van der Waals surface area (Å²) in [5.41, 5.74) is 7.24. The molecule has 0 bridgehead atoms. The van der Waals surface area contributed by atoms with E-state index in [-0.39, 0.29) is 11.0 Å². The zero-order valence-corrected chi connectivity index (χ0v) is 10.8. The Morgan fingerprint density at radius 1 is 1.20 bits per heavy atom. The maximum atomic E-state index is 5.95. The van der Waals surface area contributed by atoms with Crippen molar-refractivity contribution in [2.24, 2.45) is 5.41 Å². The Kier molecular flexibility index (Phi) is 2.85. The van der Waals surface area contributed by atoms with Crippen molar-refractivity contribution in [3.05, 3.63) is 11.8 Å². The first-order chi connectivity index (χ1) is 6.59. The lowest BCUT2D eigenvalue weighted by molar-refractivity contribution is 0.350. The van der Waals surface area contributed by atoms with Crippen LogP contribution in [0.25, 0.3) is 0 Å². The highest BCUT2D eigenvalue weighted by Gasteiger charge is 2.20. The van der Waals surface area contributed by atoms with Crippen molar-refractivity contribution in [1.82, 2.24) is 9.78 Å². The predicted molar refractivity (Wildman–Crippen MR) is 64.8 cm³/mol. The first kappa shape index (κ1) is 12.1. The molecule has 0 radical (unpaired) electrons. The van der Waals surface area contributed by atoms with Gasteiger partial charge in [0.05, 0.1) is 11.2 Å². The van der Waals surface area contributed by atoms with Gasteiger partial charge in [0.2, 0.25) is 0 Å². The second-order valence-corrected chi connectivity index (χ2v) is 6.38. The van der Waals surface area contributed by atoms with E-state index in [1.54, 1.807) is 0 Å². The summed E-state index contributed by atoms with van der Waals surface area (Å²) in [6.45, 7) is 12.9. The van der Waals surface area contributed by atoms with E-state index in [1.165, 1.54) is 0 Å². The largest absolute Gasteiger partial charge is 0.384 e. The summed E-state index contributed by atoms with van der Waals surface area (Å²) in [7, 11) is 0. The standard InChI is InChI=1S/C12H23N3/c1-11(2,3)8-9-7-10(13)15(14-9)12(4,5)6/h7H,8,13H2,1-6H3. The zero-order valence-electron chi connectivity index (χ0n) is 10.8. The molecule has 0 fully saturated rings. The van der Waals surface area contributed by atoms with Crippen molar-refractivity contribution in [2.45, 2.75) is 53.5 Å². The van der Waals surface area contributed by atoms with Gasteiger partial charge < -0.3 is 5.73 Å². The fourth-order valence-corrected chi connectivity index (χ4v) is 1.61. The molecule has 0 saturated heterocycles. The number of aromatic nitrogens is 2. The van der Waals surface area contributed by atoms with E-state index in [1.807, 2.05) is 10.7 Å². The number of nitrogen functional groups attached to an aromatic ring is 1. The Balaban J connectivity index is 2.97. The summed E-state index contributed by atoms with van der Waals surface area (Å²) < 4.78 is 1.90. The summed E-state index contributed by atoms with van der Waals surface area (Å²) in [6.07, 6.45) is 0.959. The summed E-state index contributed by atoms with van der Waals surface area (Å²) in [5, 5.41) is 4.56. The fraction of sp³-hybridized carbons (Fsp3) is 0.750. The maximum Gasteiger partial charge on any atom is 0.122 e. The molecular weight excluding hydrogens is 186 g/mol. The zero-order chi connectivity index (χ0) is 11.9. The summed E-state index contributed by atoms with van der Waals surface area (Å²) in [6, 6.07) is 1.98. The minimum atomic E-state index is -0.0415. The molecule has 0 atom stereocenters. The van der Waals surface area contributed by atoms with Crippen LogP contribution < -0.4 is 5.73 Å². The van der Waals surface area contributed by atoms with Gasteiger partial charge in [-0.25, -0.2) is 4.68 Å². The van der Waals surface area contributed by atoms with Crippen molar-refractivity contribution in [3.63, 3.8) is 0 Å². The van der Waals surface area contributed by atoms with Crippen LogP contribution in [0.2, 0.25) is 0 Å². The van der Waals surface area contributed by atoms with Gasteiger partial charge in [0, 0.05) is 6.07 Å². The molecule has 0 saturated carbocycles. The Morgan fingerprint density at radius 3 is 2.07 bits per heavy atom. The molecule has 0 aliphatic carbocycles. The smallest absolute Gasteiger partial charge is 0.122 e. The Labute approximate surface area is 92.7 Å². The minimum Gasteiger partial charge on any atom is -0.384 e. The van der Waals surface area contributed by atoms with Gasteiger partial charge in [0.1, 0.15) is 5.82 Å². The third kappa shape index (κ3) is 3.26. The van der Waals surface area contributed by atoms with Gasteiger partial charge in [0.25, 0.3) is 0 Å². The van der Waals surface area contributed by atoms with E-state index in [0.29, 0.717) is 0 Å². The average molecular weight is 209 g/mol. The number of nitrogens with two attached hydrogens (primary N) is 1. The van der Waals surface area contributed by atoms with Crippen LogP contribution in [-0.4, -0.2) is 9.78 Å². The van der Waals surface area contributed by atoms with Crippen LogP contribution in [0.4, 0.5) is 5.82 Å². The Bertz CT molecular complexity index is 337. The van der Waals surface area contributed by atoms with Gasteiger partial charge in [-0.1, -0.05) is 20.8 Å². The van der Waals surface area contributed by atoms with Gasteiger partial charge in [0.15, 0.2) is 0 Å². The highest BCUT2D eigenvalue weighted by atomic mass is 15.3. The highest BCUT2D eigenvalue weighted by molar-refractivity contribution is 5.32. The van der Waals surface area contributed by atoms with Crippen molar-refractivity contribution < 1.29 is 0 Å². The summed E-state index contributed by atoms with van der Waals surface area (Å²) >= 11 is 0. The molecule has 86 valence electrons. The van der Waals surface area contributed by atoms with E-state index >= 15 is 0 Å². The molecule has 1 rings (SSSR count). The molecule has 2 N–H and O–H groups in total. The summed E-state index contributed by atoms with van der Waals surface area (Å²) in [4.78, 5) is 0. The van der Waals surface area contributed by atoms with Crippen molar-refractivity contribution >= 4 is 5.82 Å². The van der Waals surface area contributed by atoms with Crippen molar-refractivity contribution in [1.29, 1.82) is 0 Å². The van der Waals surface area contributed by atoms with Crippen LogP contribution >= 0.6 is 0 Å². The highest BCUT2D eigenvalue weighted by Crippen LogP contribution is 2.24. The van der Waals surface area contributed by atoms with Crippen LogP contribution in [0.15, 0.2) is 6.07 Å². The lowest BCUT2D eigenvalue weighted by Gasteiger charge is -2.21. The number of rotatable bonds is 1. The van der Waals surface area contributed by atoms with Gasteiger partial charge in [-0.15, -0.1) is 0 Å². The molecule has 0 aromatic carbocycles. The van der Waals surface area contributed by atoms with Crippen molar-refractivity contribution in [3.8, 4) is 0 Å². The van der Waals surface area contributed by atoms with Crippen LogP contribution in [0.5, 0.6) is 0 Å². The molecule has 0 spiro atoms. The first-order valence-corrected chi connectivity index (χ1v) is 5.44. The van der Waals surface area contributed by atoms with E-state index in [2.05, 4.69) is 46.6 Å². The number of hydrogen-bond donors (Lipinski definition) is 1. The SMILES string of the molecule is CC(C)(C)Cc1cc(N)n(C(C)(C)C)n1. The van der Waals surface area contributed by atoms with Crippen LogP contribution in [0, 0.1) is 5.41 Å². The molecule has 0 amide bonds. The lowest BCUT2D eigenvalue weighted by atomic mass is 9.91. The second kappa shape index (κ2) is 3.54. The molecule has 0 unspecified atom stereocenters. The van der Waals surface area contributed by atoms with E-state index in [0.717, 1.165) is 17.9 Å². The molecule has 15 heavy (non-hydrogen) atoms. The average Bonchev–Trinajstić information content (AvgIpc) is 2.25. The number of anilines is 1. The van der Waals surface area contributed by atoms with Gasteiger partial charge in [-0.3, -0.25) is 0 Å². The predicted octanol–water partition coefficient (Wildman–Crippen LogP) is 2.81. The topological polar surface area (TPSA) is 43.8 Å². The minimum absolute atomic E-state index is 0.0415. The third-order valence-corrected chi connectivity index (χ3v) is 2.13. The van der Waals surface area contributed by atoms with E-state index in [9.17, 15) is 0 Å². The van der Waals surface area contributed by atoms with Crippen molar-refractivity contribution in [2.75, 3.05) is 5.73 Å². The fourth-order valence-electron chi connectivity index (χ4n) is 1.61. The number of nitrogens with zero attached hydrogens (tertiary/aromatic N) is 2. The monoisotopic (exact) mass is 209 g/mol.